The predicted octanol–water partition coefficient (Wildman–Crippen LogP) is 1.22. The van der Waals surface area contributed by atoms with E-state index in [1.807, 2.05) is 0 Å². The van der Waals surface area contributed by atoms with Crippen molar-refractivity contribution in [2.45, 2.75) is 0 Å². The molecule has 0 aliphatic carbocycles. The van der Waals surface area contributed by atoms with Crippen molar-refractivity contribution in [2.75, 3.05) is 6.61 Å². The Labute approximate surface area is 142 Å². The standard InChI is InChI=1S/C16H14N4O5/c17-15(21)10-25-14-3-1-2-11(8-14)9-18-19-16(22)12-4-6-13(7-5-12)20(23)24/h1-9H,10H2,(H2,17,21)(H,19,22)/b18-9+. The fourth-order valence-electron chi connectivity index (χ4n) is 1.80. The van der Waals surface area contributed by atoms with E-state index in [0.29, 0.717) is 11.3 Å². The molecule has 0 aromatic heterocycles. The number of nitrogens with zero attached hydrogens (tertiary/aromatic N) is 2. The van der Waals surface area contributed by atoms with Crippen molar-refractivity contribution in [1.29, 1.82) is 0 Å². The first-order chi connectivity index (χ1) is 12.0. The summed E-state index contributed by atoms with van der Waals surface area (Å²) in [6, 6.07) is 11.8. The van der Waals surface area contributed by atoms with Crippen LogP contribution >= 0.6 is 0 Å². The molecule has 0 fully saturated rings. The molecular weight excluding hydrogens is 328 g/mol. The van der Waals surface area contributed by atoms with Crippen LogP contribution in [0.3, 0.4) is 0 Å². The highest BCUT2D eigenvalue weighted by Gasteiger charge is 2.08. The highest BCUT2D eigenvalue weighted by atomic mass is 16.6. The Kier molecular flexibility index (Phi) is 5.77. The van der Waals surface area contributed by atoms with Gasteiger partial charge in [0, 0.05) is 17.7 Å². The minimum absolute atomic E-state index is 0.104. The maximum atomic E-state index is 11.9. The number of hydrazone groups is 1. The van der Waals surface area contributed by atoms with E-state index >= 15 is 0 Å². The number of non-ortho nitro benzene ring substituents is 1. The third kappa shape index (κ3) is 5.43. The van der Waals surface area contributed by atoms with Crippen molar-refractivity contribution in [3.63, 3.8) is 0 Å². The Morgan fingerprint density at radius 3 is 2.60 bits per heavy atom. The summed E-state index contributed by atoms with van der Waals surface area (Å²) >= 11 is 0. The normalized spacial score (nSPS) is 10.4. The van der Waals surface area contributed by atoms with Gasteiger partial charge in [0.25, 0.3) is 17.5 Å². The highest BCUT2D eigenvalue weighted by molar-refractivity contribution is 5.95. The summed E-state index contributed by atoms with van der Waals surface area (Å²) in [5, 5.41) is 14.4. The highest BCUT2D eigenvalue weighted by Crippen LogP contribution is 2.13. The Morgan fingerprint density at radius 1 is 1.24 bits per heavy atom. The number of nitro groups is 1. The van der Waals surface area contributed by atoms with Crippen LogP contribution in [0.5, 0.6) is 5.75 Å². The molecule has 2 rings (SSSR count). The number of ether oxygens (including phenoxy) is 1. The van der Waals surface area contributed by atoms with Crippen LogP contribution in [0.1, 0.15) is 15.9 Å². The summed E-state index contributed by atoms with van der Waals surface area (Å²) in [5.41, 5.74) is 8.07. The molecule has 0 radical (unpaired) electrons. The molecule has 0 aliphatic rings. The van der Waals surface area contributed by atoms with E-state index in [2.05, 4.69) is 10.5 Å². The van der Waals surface area contributed by atoms with Gasteiger partial charge in [0.1, 0.15) is 5.75 Å². The number of nitrogens with two attached hydrogens (primary N) is 1. The lowest BCUT2D eigenvalue weighted by atomic mass is 10.2. The molecule has 0 spiro atoms. The molecule has 0 saturated carbocycles. The van der Waals surface area contributed by atoms with Crippen LogP contribution < -0.4 is 15.9 Å². The molecule has 128 valence electrons. The van der Waals surface area contributed by atoms with Gasteiger partial charge in [0.15, 0.2) is 6.61 Å². The lowest BCUT2D eigenvalue weighted by Crippen LogP contribution is -2.20. The first-order valence-electron chi connectivity index (χ1n) is 7.05. The molecule has 25 heavy (non-hydrogen) atoms. The van der Waals surface area contributed by atoms with Gasteiger partial charge in [0.2, 0.25) is 0 Å². The van der Waals surface area contributed by atoms with Crippen LogP contribution in [-0.2, 0) is 4.79 Å². The van der Waals surface area contributed by atoms with Crippen molar-refractivity contribution < 1.29 is 19.2 Å². The van der Waals surface area contributed by atoms with Gasteiger partial charge < -0.3 is 10.5 Å². The van der Waals surface area contributed by atoms with Crippen molar-refractivity contribution >= 4 is 23.7 Å². The van der Waals surface area contributed by atoms with Crippen molar-refractivity contribution in [1.82, 2.24) is 5.43 Å². The second kappa shape index (κ2) is 8.20. The summed E-state index contributed by atoms with van der Waals surface area (Å²) in [6.07, 6.45) is 1.39. The van der Waals surface area contributed by atoms with Crippen LogP contribution in [0.2, 0.25) is 0 Å². The van der Waals surface area contributed by atoms with Crippen molar-refractivity contribution in [3.05, 3.63) is 69.8 Å². The quantitative estimate of drug-likeness (QED) is 0.443. The second-order valence-electron chi connectivity index (χ2n) is 4.83. The summed E-state index contributed by atoms with van der Waals surface area (Å²) in [4.78, 5) is 32.6. The minimum atomic E-state index is -0.588. The van der Waals surface area contributed by atoms with E-state index in [1.165, 1.54) is 30.5 Å². The number of nitrogens with one attached hydrogen (secondary N) is 1. The molecule has 3 N–H and O–H groups in total. The third-order valence-corrected chi connectivity index (χ3v) is 2.96. The van der Waals surface area contributed by atoms with Gasteiger partial charge in [-0.25, -0.2) is 5.43 Å². The number of amides is 2. The number of nitro benzene ring substituents is 1. The fourth-order valence-corrected chi connectivity index (χ4v) is 1.80. The Hall–Kier alpha value is -3.75. The van der Waals surface area contributed by atoms with Gasteiger partial charge in [-0.1, -0.05) is 12.1 Å². The Balaban J connectivity index is 1.95. The lowest BCUT2D eigenvalue weighted by molar-refractivity contribution is -0.384. The Bertz CT molecular complexity index is 818. The molecule has 0 unspecified atom stereocenters. The van der Waals surface area contributed by atoms with Gasteiger partial charge in [-0.15, -0.1) is 0 Å². The van der Waals surface area contributed by atoms with E-state index < -0.39 is 16.7 Å². The number of benzene rings is 2. The summed E-state index contributed by atoms with van der Waals surface area (Å²) < 4.78 is 5.16. The molecule has 2 amide bonds. The van der Waals surface area contributed by atoms with Gasteiger partial charge in [-0.2, -0.15) is 5.10 Å². The van der Waals surface area contributed by atoms with Crippen LogP contribution in [-0.4, -0.2) is 29.6 Å². The zero-order chi connectivity index (χ0) is 18.2. The number of rotatable bonds is 7. The van der Waals surface area contributed by atoms with Gasteiger partial charge in [-0.3, -0.25) is 19.7 Å². The number of primary amides is 1. The van der Waals surface area contributed by atoms with Crippen LogP contribution in [0.15, 0.2) is 53.6 Å². The molecule has 2 aromatic rings. The largest absolute Gasteiger partial charge is 0.484 e. The Morgan fingerprint density at radius 2 is 1.96 bits per heavy atom. The SMILES string of the molecule is NC(=O)COc1cccc(/C=N/NC(=O)c2ccc([N+](=O)[O-])cc2)c1. The molecule has 0 saturated heterocycles. The molecule has 9 nitrogen and oxygen atoms in total. The third-order valence-electron chi connectivity index (χ3n) is 2.96. The maximum absolute atomic E-state index is 11.9. The zero-order valence-electron chi connectivity index (χ0n) is 12.9. The summed E-state index contributed by atoms with van der Waals surface area (Å²) in [7, 11) is 0. The molecule has 0 aliphatic heterocycles. The molecular formula is C16H14N4O5. The van der Waals surface area contributed by atoms with Crippen LogP contribution in [0.4, 0.5) is 5.69 Å². The average Bonchev–Trinajstić information content (AvgIpc) is 2.60. The van der Waals surface area contributed by atoms with Gasteiger partial charge in [0.05, 0.1) is 11.1 Å². The molecule has 0 atom stereocenters. The van der Waals surface area contributed by atoms with E-state index in [0.717, 1.165) is 0 Å². The minimum Gasteiger partial charge on any atom is -0.484 e. The van der Waals surface area contributed by atoms with Gasteiger partial charge >= 0.3 is 0 Å². The van der Waals surface area contributed by atoms with E-state index in [9.17, 15) is 19.7 Å². The van der Waals surface area contributed by atoms with Crippen LogP contribution in [0, 0.1) is 10.1 Å². The number of hydrogen-bond donors (Lipinski definition) is 2. The smallest absolute Gasteiger partial charge is 0.271 e. The molecule has 0 heterocycles. The fraction of sp³-hybridized carbons (Fsp3) is 0.0625. The molecule has 2 aromatic carbocycles. The number of carbonyl (C=O) groups is 2. The molecule has 0 bridgehead atoms. The van der Waals surface area contributed by atoms with Crippen molar-refractivity contribution in [2.24, 2.45) is 10.8 Å². The zero-order valence-corrected chi connectivity index (χ0v) is 12.9. The monoisotopic (exact) mass is 342 g/mol. The summed E-state index contributed by atoms with van der Waals surface area (Å²) in [6.45, 7) is -0.239. The van der Waals surface area contributed by atoms with E-state index in [-0.39, 0.29) is 17.9 Å². The van der Waals surface area contributed by atoms with Gasteiger partial charge in [-0.05, 0) is 29.8 Å². The van der Waals surface area contributed by atoms with Crippen molar-refractivity contribution in [3.8, 4) is 5.75 Å². The topological polar surface area (TPSA) is 137 Å². The second-order valence-corrected chi connectivity index (χ2v) is 4.83. The molecule has 9 heteroatoms. The average molecular weight is 342 g/mol. The maximum Gasteiger partial charge on any atom is 0.271 e. The first kappa shape index (κ1) is 17.6. The van der Waals surface area contributed by atoms with E-state index in [4.69, 9.17) is 10.5 Å². The predicted molar refractivity (Wildman–Crippen MR) is 89.3 cm³/mol. The number of carbonyl (C=O) groups excluding carboxylic acids is 2. The first-order valence-corrected chi connectivity index (χ1v) is 7.05. The van der Waals surface area contributed by atoms with E-state index in [1.54, 1.807) is 24.3 Å². The number of hydrogen-bond acceptors (Lipinski definition) is 6. The summed E-state index contributed by atoms with van der Waals surface area (Å²) in [5.74, 6) is -0.661. The van der Waals surface area contributed by atoms with Crippen LogP contribution in [0.25, 0.3) is 0 Å². The lowest BCUT2D eigenvalue weighted by Gasteiger charge is -2.04.